The molecule has 1 atom stereocenters. The van der Waals surface area contributed by atoms with Gasteiger partial charge in [-0.15, -0.1) is 0 Å². The van der Waals surface area contributed by atoms with Gasteiger partial charge in [0, 0.05) is 17.5 Å². The highest BCUT2D eigenvalue weighted by Crippen LogP contribution is 2.49. The van der Waals surface area contributed by atoms with Crippen molar-refractivity contribution in [2.75, 3.05) is 20.1 Å². The highest BCUT2D eigenvalue weighted by Gasteiger charge is 2.52. The van der Waals surface area contributed by atoms with E-state index in [4.69, 9.17) is 9.84 Å². The maximum Gasteiger partial charge on any atom is 0.208 e. The molecule has 3 aromatic rings. The Morgan fingerprint density at radius 2 is 1.72 bits per heavy atom. The van der Waals surface area contributed by atoms with Gasteiger partial charge in [0.05, 0.1) is 44.7 Å². The van der Waals surface area contributed by atoms with Crippen molar-refractivity contribution in [2.45, 2.75) is 31.0 Å². The lowest BCUT2D eigenvalue weighted by Crippen LogP contribution is -3.11. The average molecular weight is 385 g/mol. The molecule has 3 heterocycles. The summed E-state index contributed by atoms with van der Waals surface area (Å²) in [6.07, 6.45) is 2.95. The predicted octanol–water partition coefficient (Wildman–Crippen LogP) is 3.39. The van der Waals surface area contributed by atoms with E-state index < -0.39 is 0 Å². The number of quaternary nitrogens is 1. The van der Waals surface area contributed by atoms with Gasteiger partial charge in [-0.3, -0.25) is 0 Å². The number of hydrogen-bond acceptors (Lipinski definition) is 3. The Morgan fingerprint density at radius 3 is 2.62 bits per heavy atom. The molecule has 4 nitrogen and oxygen atoms in total. The van der Waals surface area contributed by atoms with Crippen LogP contribution in [0.3, 0.4) is 0 Å². The lowest BCUT2D eigenvalue weighted by atomic mass is 9.90. The van der Waals surface area contributed by atoms with Crippen LogP contribution in [0.4, 0.5) is 0 Å². The van der Waals surface area contributed by atoms with E-state index in [1.165, 1.54) is 27.6 Å². The molecule has 3 aliphatic heterocycles. The first-order chi connectivity index (χ1) is 14.2. The predicted molar refractivity (Wildman–Crippen MR) is 115 cm³/mol. The number of fused-ring (bicyclic) bond motifs is 5. The number of para-hydroxylation sites is 1. The van der Waals surface area contributed by atoms with E-state index in [1.807, 2.05) is 0 Å². The Labute approximate surface area is 171 Å². The number of hydrogen-bond donors (Lipinski definition) is 1. The van der Waals surface area contributed by atoms with Gasteiger partial charge in [-0.2, -0.15) is 5.10 Å². The molecule has 0 bridgehead atoms. The molecule has 0 saturated carbocycles. The van der Waals surface area contributed by atoms with Gasteiger partial charge in [-0.25, -0.2) is 5.01 Å². The summed E-state index contributed by atoms with van der Waals surface area (Å²) in [5.41, 5.74) is 3.38. The molecule has 0 amide bonds. The summed E-state index contributed by atoms with van der Waals surface area (Å²) in [7, 11) is 2.27. The smallest absolute Gasteiger partial charge is 0.208 e. The quantitative estimate of drug-likeness (QED) is 0.697. The number of piperidine rings is 1. The van der Waals surface area contributed by atoms with Crippen molar-refractivity contribution in [3.05, 3.63) is 77.9 Å². The van der Waals surface area contributed by atoms with Crippen molar-refractivity contribution in [2.24, 2.45) is 5.10 Å². The first-order valence-electron chi connectivity index (χ1n) is 10.7. The van der Waals surface area contributed by atoms with Gasteiger partial charge < -0.3 is 9.64 Å². The summed E-state index contributed by atoms with van der Waals surface area (Å²) in [6, 6.07) is 24.0. The minimum absolute atomic E-state index is 0.257. The van der Waals surface area contributed by atoms with Crippen molar-refractivity contribution < 1.29 is 9.64 Å². The molecule has 0 aromatic heterocycles. The molecule has 6 rings (SSSR count). The Morgan fingerprint density at radius 1 is 0.966 bits per heavy atom. The van der Waals surface area contributed by atoms with E-state index in [-0.39, 0.29) is 11.8 Å². The second-order valence-electron chi connectivity index (χ2n) is 8.68. The fourth-order valence-corrected chi connectivity index (χ4v) is 5.27. The molecule has 0 unspecified atom stereocenters. The van der Waals surface area contributed by atoms with E-state index in [1.54, 1.807) is 4.90 Å². The Bertz CT molecular complexity index is 1110. The molecule has 3 aromatic carbocycles. The van der Waals surface area contributed by atoms with Crippen molar-refractivity contribution in [1.29, 1.82) is 0 Å². The number of ether oxygens (including phenoxy) is 1. The first-order valence-corrected chi connectivity index (χ1v) is 10.7. The van der Waals surface area contributed by atoms with Crippen LogP contribution in [0, 0.1) is 0 Å². The first kappa shape index (κ1) is 17.0. The van der Waals surface area contributed by atoms with Gasteiger partial charge in [0.2, 0.25) is 5.72 Å². The van der Waals surface area contributed by atoms with Crippen LogP contribution in [-0.4, -0.2) is 36.6 Å². The van der Waals surface area contributed by atoms with Crippen LogP contribution in [0.25, 0.3) is 10.8 Å². The van der Waals surface area contributed by atoms with Gasteiger partial charge in [-0.05, 0) is 16.8 Å². The molecule has 1 spiro atoms. The van der Waals surface area contributed by atoms with Crippen molar-refractivity contribution in [3.63, 3.8) is 0 Å². The summed E-state index contributed by atoms with van der Waals surface area (Å²) in [4.78, 5) is 1.58. The Balaban J connectivity index is 1.48. The van der Waals surface area contributed by atoms with E-state index in [0.717, 1.165) is 38.1 Å². The highest BCUT2D eigenvalue weighted by atomic mass is 16.5. The van der Waals surface area contributed by atoms with E-state index in [9.17, 15) is 0 Å². The lowest BCUT2D eigenvalue weighted by molar-refractivity contribution is -0.888. The third-order valence-electron chi connectivity index (χ3n) is 6.89. The fraction of sp³-hybridized carbons (Fsp3) is 0.320. The van der Waals surface area contributed by atoms with Crippen LogP contribution in [0.2, 0.25) is 0 Å². The van der Waals surface area contributed by atoms with Crippen molar-refractivity contribution in [1.82, 2.24) is 5.01 Å². The van der Waals surface area contributed by atoms with E-state index >= 15 is 0 Å². The Kier molecular flexibility index (Phi) is 3.72. The summed E-state index contributed by atoms with van der Waals surface area (Å²) < 4.78 is 6.70. The number of rotatable bonds is 1. The Hall–Kier alpha value is -2.85. The molecule has 29 heavy (non-hydrogen) atoms. The molecule has 3 aliphatic rings. The fourth-order valence-electron chi connectivity index (χ4n) is 5.27. The van der Waals surface area contributed by atoms with Crippen LogP contribution >= 0.6 is 0 Å². The van der Waals surface area contributed by atoms with Crippen LogP contribution in [0.1, 0.15) is 36.4 Å². The second-order valence-corrected chi connectivity index (χ2v) is 8.68. The highest BCUT2D eigenvalue weighted by molar-refractivity contribution is 6.11. The molecule has 0 aliphatic carbocycles. The van der Waals surface area contributed by atoms with Crippen LogP contribution in [0.5, 0.6) is 5.75 Å². The van der Waals surface area contributed by atoms with E-state index in [0.29, 0.717) is 0 Å². The van der Waals surface area contributed by atoms with Gasteiger partial charge in [0.15, 0.2) is 0 Å². The summed E-state index contributed by atoms with van der Waals surface area (Å²) in [5, 5.41) is 10.1. The monoisotopic (exact) mass is 384 g/mol. The normalized spacial score (nSPS) is 28.0. The maximum atomic E-state index is 6.70. The average Bonchev–Trinajstić information content (AvgIpc) is 3.22. The van der Waals surface area contributed by atoms with Gasteiger partial charge >= 0.3 is 0 Å². The zero-order valence-electron chi connectivity index (χ0n) is 16.8. The van der Waals surface area contributed by atoms with Crippen molar-refractivity contribution in [3.8, 4) is 5.75 Å². The summed E-state index contributed by atoms with van der Waals surface area (Å²) >= 11 is 0. The number of likely N-dealkylation sites (tertiary alicyclic amines) is 1. The molecule has 1 fully saturated rings. The minimum Gasteiger partial charge on any atom is -0.466 e. The number of nitrogens with one attached hydrogen (secondary N) is 1. The maximum absolute atomic E-state index is 6.70. The molecule has 0 radical (unpaired) electrons. The standard InChI is InChI=1S/C25H25N3O/c1-27-15-13-25(14-16-27)28-23(21-10-4-5-12-24(21)29-25)17-22(26-28)20-11-6-8-18-7-2-3-9-19(18)20/h2-12,23H,13-17H2,1H3/p+1/t23-/m1/s1. The third kappa shape index (κ3) is 2.59. The molecular formula is C25H26N3O+. The van der Waals surface area contributed by atoms with E-state index in [2.05, 4.69) is 78.8 Å². The molecular weight excluding hydrogens is 358 g/mol. The van der Waals surface area contributed by atoms with Gasteiger partial charge in [-0.1, -0.05) is 60.7 Å². The van der Waals surface area contributed by atoms with Gasteiger partial charge in [0.1, 0.15) is 5.75 Å². The van der Waals surface area contributed by atoms with Crippen LogP contribution in [0.15, 0.2) is 71.8 Å². The second kappa shape index (κ2) is 6.33. The molecule has 146 valence electrons. The van der Waals surface area contributed by atoms with Crippen LogP contribution < -0.4 is 9.64 Å². The van der Waals surface area contributed by atoms with Crippen molar-refractivity contribution >= 4 is 16.5 Å². The molecule has 4 heteroatoms. The number of benzene rings is 3. The zero-order valence-corrected chi connectivity index (χ0v) is 16.8. The minimum atomic E-state index is -0.315. The lowest BCUT2D eigenvalue weighted by Gasteiger charge is -2.49. The SMILES string of the molecule is C[NH+]1CCC2(CC1)Oc1ccccc1[C@H]1CC(c3cccc4ccccc34)=NN12. The zero-order chi connectivity index (χ0) is 19.4. The van der Waals surface area contributed by atoms with Crippen LogP contribution in [-0.2, 0) is 0 Å². The number of nitrogens with zero attached hydrogens (tertiary/aromatic N) is 2. The molecule has 1 N–H and O–H groups in total. The summed E-state index contributed by atoms with van der Waals surface area (Å²) in [6.45, 7) is 2.23. The summed E-state index contributed by atoms with van der Waals surface area (Å²) in [5.74, 6) is 1.04. The van der Waals surface area contributed by atoms with Gasteiger partial charge in [0.25, 0.3) is 0 Å². The molecule has 1 saturated heterocycles. The third-order valence-corrected chi connectivity index (χ3v) is 6.89. The topological polar surface area (TPSA) is 29.3 Å². The number of hydrazone groups is 1. The largest absolute Gasteiger partial charge is 0.466 e.